The number of halogens is 1. The van der Waals surface area contributed by atoms with Crippen LogP contribution in [0, 0.1) is 17.1 Å². The number of hydrogen-bond donors (Lipinski definition) is 3. The number of nitrogen functional groups attached to an aromatic ring is 1. The number of anilines is 2. The number of rotatable bonds is 12. The van der Waals surface area contributed by atoms with Crippen LogP contribution in [-0.2, 0) is 9.59 Å². The Labute approximate surface area is 295 Å². The molecule has 0 unspecified atom stereocenters. The van der Waals surface area contributed by atoms with Gasteiger partial charge in [-0.25, -0.2) is 19.4 Å². The molecule has 1 fully saturated rings. The number of carbonyl (C=O) groups excluding carboxylic acids is 2. The SMILES string of the molecule is CCN(C(=O)[C@@H]1CCN(CC(=O)N2CC=C(c3ncc(C(N)=NC=NC)s3)CC2)C1)c1ccc(N)c(C(=N)c2ccc(OC(C)C)c(F)c2)n1. The summed E-state index contributed by atoms with van der Waals surface area (Å²) in [5, 5.41) is 9.60. The van der Waals surface area contributed by atoms with Gasteiger partial charge in [-0.1, -0.05) is 6.08 Å². The summed E-state index contributed by atoms with van der Waals surface area (Å²) in [4.78, 5) is 50.2. The van der Waals surface area contributed by atoms with Crippen molar-refractivity contribution in [2.24, 2.45) is 21.6 Å². The van der Waals surface area contributed by atoms with Crippen LogP contribution in [-0.4, -0.2) is 102 Å². The maximum atomic E-state index is 14.7. The Kier molecular flexibility index (Phi) is 11.7. The molecule has 264 valence electrons. The van der Waals surface area contributed by atoms with Gasteiger partial charge in [0, 0.05) is 45.0 Å². The molecule has 2 aromatic heterocycles. The maximum absolute atomic E-state index is 14.7. The first-order valence-corrected chi connectivity index (χ1v) is 17.3. The summed E-state index contributed by atoms with van der Waals surface area (Å²) in [5.41, 5.74) is 13.9. The number of likely N-dealkylation sites (tertiary alicyclic amines) is 1. The van der Waals surface area contributed by atoms with Crippen LogP contribution >= 0.6 is 11.3 Å². The van der Waals surface area contributed by atoms with Crippen molar-refractivity contribution in [2.75, 3.05) is 56.9 Å². The molecule has 2 aliphatic heterocycles. The molecular formula is C35H43FN10O3S. The highest BCUT2D eigenvalue weighted by molar-refractivity contribution is 7.14. The third-order valence-electron chi connectivity index (χ3n) is 8.48. The van der Waals surface area contributed by atoms with Crippen molar-refractivity contribution in [1.82, 2.24) is 19.8 Å². The van der Waals surface area contributed by atoms with Crippen molar-refractivity contribution in [1.29, 1.82) is 5.41 Å². The van der Waals surface area contributed by atoms with Crippen LogP contribution in [0.25, 0.3) is 5.57 Å². The molecule has 4 heterocycles. The van der Waals surface area contributed by atoms with Gasteiger partial charge in [0.2, 0.25) is 11.8 Å². The molecule has 1 saturated heterocycles. The highest BCUT2D eigenvalue weighted by atomic mass is 32.1. The van der Waals surface area contributed by atoms with Crippen molar-refractivity contribution < 1.29 is 18.7 Å². The summed E-state index contributed by atoms with van der Waals surface area (Å²) in [6, 6.07) is 7.54. The number of aromatic nitrogens is 2. The first kappa shape index (κ1) is 36.3. The van der Waals surface area contributed by atoms with E-state index in [1.54, 1.807) is 50.2 Å². The second kappa shape index (κ2) is 16.1. The average Bonchev–Trinajstić information content (AvgIpc) is 3.79. The molecule has 15 heteroatoms. The standard InChI is InChI=1S/C35H43FN10O3S/c1-5-46(29-9-7-26(37)32(43-29)31(38)23-6-8-27(25(36)16-23)49-21(2)3)35(48)24-10-13-44(18-24)19-30(47)45-14-11-22(12-15-45)34-41-17-28(50-34)33(39)42-20-40-4/h6-9,11,16-17,20-21,24,38H,5,10,12-15,18-19,37H2,1-4H3,(H2,39,40,42)/t24-/m1/s1. The van der Waals surface area contributed by atoms with Gasteiger partial charge in [-0.05, 0) is 76.1 Å². The number of benzene rings is 1. The number of ether oxygens (including phenoxy) is 1. The number of nitrogens with zero attached hydrogens (tertiary/aromatic N) is 7. The molecule has 0 radical (unpaired) electrons. The fourth-order valence-corrected chi connectivity index (χ4v) is 6.78. The van der Waals surface area contributed by atoms with Crippen molar-refractivity contribution in [3.63, 3.8) is 0 Å². The molecule has 1 aromatic carbocycles. The molecule has 0 saturated carbocycles. The third kappa shape index (κ3) is 8.40. The van der Waals surface area contributed by atoms with E-state index in [4.69, 9.17) is 21.6 Å². The number of amides is 2. The zero-order valence-corrected chi connectivity index (χ0v) is 29.5. The molecule has 0 aliphatic carbocycles. The summed E-state index contributed by atoms with van der Waals surface area (Å²) in [5.74, 6) is -0.195. The fraction of sp³-hybridized carbons (Fsp3) is 0.400. The number of pyridine rings is 1. The lowest BCUT2D eigenvalue weighted by atomic mass is 10.0. The fourth-order valence-electron chi connectivity index (χ4n) is 5.89. The second-order valence-corrected chi connectivity index (χ2v) is 13.4. The molecule has 13 nitrogen and oxygen atoms in total. The van der Waals surface area contributed by atoms with Crippen LogP contribution in [0.5, 0.6) is 5.75 Å². The number of amidine groups is 1. The van der Waals surface area contributed by atoms with Gasteiger partial charge in [-0.3, -0.25) is 29.8 Å². The third-order valence-corrected chi connectivity index (χ3v) is 9.57. The van der Waals surface area contributed by atoms with Gasteiger partial charge >= 0.3 is 0 Å². The Morgan fingerprint density at radius 3 is 2.74 bits per heavy atom. The summed E-state index contributed by atoms with van der Waals surface area (Å²) in [6.07, 6.45) is 6.21. The number of hydrogen-bond acceptors (Lipinski definition) is 10. The van der Waals surface area contributed by atoms with Crippen LogP contribution in [0.4, 0.5) is 15.9 Å². The second-order valence-electron chi connectivity index (χ2n) is 12.3. The topological polar surface area (TPSA) is 179 Å². The predicted molar refractivity (Wildman–Crippen MR) is 196 cm³/mol. The lowest BCUT2D eigenvalue weighted by molar-refractivity contribution is -0.132. The van der Waals surface area contributed by atoms with E-state index in [9.17, 15) is 14.0 Å². The van der Waals surface area contributed by atoms with Crippen molar-refractivity contribution in [3.05, 3.63) is 69.6 Å². The lowest BCUT2D eigenvalue weighted by Crippen LogP contribution is -2.42. The summed E-state index contributed by atoms with van der Waals surface area (Å²) in [7, 11) is 1.62. The molecule has 50 heavy (non-hydrogen) atoms. The zero-order valence-electron chi connectivity index (χ0n) is 28.7. The van der Waals surface area contributed by atoms with Gasteiger partial charge in [-0.2, -0.15) is 0 Å². The van der Waals surface area contributed by atoms with Crippen LogP contribution in [0.3, 0.4) is 0 Å². The number of aliphatic imine (C=N–C) groups is 2. The van der Waals surface area contributed by atoms with E-state index in [2.05, 4.69) is 20.0 Å². The Balaban J connectivity index is 1.18. The van der Waals surface area contributed by atoms with Gasteiger partial charge < -0.3 is 21.1 Å². The minimum Gasteiger partial charge on any atom is -0.488 e. The summed E-state index contributed by atoms with van der Waals surface area (Å²) >= 11 is 1.46. The minimum atomic E-state index is -0.590. The van der Waals surface area contributed by atoms with Crippen molar-refractivity contribution in [2.45, 2.75) is 39.7 Å². The molecule has 5 rings (SSSR count). The highest BCUT2D eigenvalue weighted by Crippen LogP contribution is 2.28. The van der Waals surface area contributed by atoms with Crippen LogP contribution in [0.15, 0.2) is 52.6 Å². The molecule has 5 N–H and O–H groups in total. The van der Waals surface area contributed by atoms with Crippen molar-refractivity contribution in [3.8, 4) is 5.75 Å². The quantitative estimate of drug-likeness (QED) is 0.188. The summed E-state index contributed by atoms with van der Waals surface area (Å²) in [6.45, 7) is 8.17. The number of carbonyl (C=O) groups is 2. The van der Waals surface area contributed by atoms with Gasteiger partial charge in [0.25, 0.3) is 0 Å². The zero-order chi connectivity index (χ0) is 35.9. The Morgan fingerprint density at radius 2 is 2.06 bits per heavy atom. The average molecular weight is 703 g/mol. The predicted octanol–water partition coefficient (Wildman–Crippen LogP) is 3.82. The molecule has 2 aliphatic rings. The molecule has 2 amide bonds. The molecular weight excluding hydrogens is 660 g/mol. The van der Waals surface area contributed by atoms with E-state index in [0.29, 0.717) is 57.2 Å². The lowest BCUT2D eigenvalue weighted by Gasteiger charge is -2.28. The monoisotopic (exact) mass is 702 g/mol. The first-order chi connectivity index (χ1) is 24.0. The van der Waals surface area contributed by atoms with Crippen molar-refractivity contribution >= 4 is 58.1 Å². The Morgan fingerprint density at radius 1 is 1.26 bits per heavy atom. The molecule has 0 bridgehead atoms. The van der Waals surface area contributed by atoms with Crippen LogP contribution in [0.2, 0.25) is 0 Å². The molecule has 1 atom stereocenters. The van der Waals surface area contributed by atoms with E-state index < -0.39 is 5.82 Å². The minimum absolute atomic E-state index is 0.0133. The van der Waals surface area contributed by atoms with Crippen LogP contribution < -0.4 is 21.1 Å². The van der Waals surface area contributed by atoms with E-state index >= 15 is 0 Å². The normalized spacial score (nSPS) is 17.0. The van der Waals surface area contributed by atoms with E-state index in [1.807, 2.05) is 22.8 Å². The maximum Gasteiger partial charge on any atom is 0.237 e. The van der Waals surface area contributed by atoms with Gasteiger partial charge in [-0.15, -0.1) is 11.3 Å². The Hall–Kier alpha value is -5.02. The number of nitrogens with one attached hydrogen (secondary N) is 1. The van der Waals surface area contributed by atoms with Gasteiger partial charge in [0.1, 0.15) is 28.7 Å². The van der Waals surface area contributed by atoms with Gasteiger partial charge in [0.15, 0.2) is 11.6 Å². The van der Waals surface area contributed by atoms with E-state index in [-0.39, 0.29) is 58.8 Å². The molecule has 3 aromatic rings. The Bertz CT molecular complexity index is 1840. The summed E-state index contributed by atoms with van der Waals surface area (Å²) < 4.78 is 20.2. The largest absolute Gasteiger partial charge is 0.488 e. The number of thiazole rings is 1. The van der Waals surface area contributed by atoms with E-state index in [0.717, 1.165) is 15.5 Å². The number of nitrogens with two attached hydrogens (primary N) is 2. The molecule has 0 spiro atoms. The highest BCUT2D eigenvalue weighted by Gasteiger charge is 2.34. The first-order valence-electron chi connectivity index (χ1n) is 16.5. The van der Waals surface area contributed by atoms with E-state index in [1.165, 1.54) is 29.8 Å². The van der Waals surface area contributed by atoms with Gasteiger partial charge in [0.05, 0.1) is 34.8 Å². The smallest absolute Gasteiger partial charge is 0.237 e. The van der Waals surface area contributed by atoms with Crippen LogP contribution in [0.1, 0.15) is 54.8 Å².